The second-order valence-corrected chi connectivity index (χ2v) is 9.45. The van der Waals surface area contributed by atoms with Gasteiger partial charge in [-0.3, -0.25) is 9.58 Å². The first kappa shape index (κ1) is 17.7. The van der Waals surface area contributed by atoms with Crippen LogP contribution in [0.5, 0.6) is 0 Å². The maximum atomic E-state index is 6.24. The summed E-state index contributed by atoms with van der Waals surface area (Å²) in [4.78, 5) is 2.80. The van der Waals surface area contributed by atoms with Crippen molar-refractivity contribution in [1.29, 1.82) is 0 Å². The molecule has 0 unspecified atom stereocenters. The lowest BCUT2D eigenvalue weighted by atomic mass is 9.98. The molecule has 3 aliphatic rings. The third-order valence-electron chi connectivity index (χ3n) is 6.91. The van der Waals surface area contributed by atoms with Gasteiger partial charge in [0.25, 0.3) is 0 Å². The average Bonchev–Trinajstić information content (AvgIpc) is 3.37. The fourth-order valence-electron chi connectivity index (χ4n) is 5.25. The van der Waals surface area contributed by atoms with Crippen molar-refractivity contribution in [3.8, 4) is 0 Å². The summed E-state index contributed by atoms with van der Waals surface area (Å²) in [5.74, 6) is 1.49. The molecule has 0 amide bonds. The fourth-order valence-corrected chi connectivity index (χ4v) is 5.25. The van der Waals surface area contributed by atoms with E-state index in [1.54, 1.807) is 0 Å². The number of aryl methyl sites for hydroxylation is 1. The van der Waals surface area contributed by atoms with Gasteiger partial charge in [0.2, 0.25) is 0 Å². The van der Waals surface area contributed by atoms with Crippen molar-refractivity contribution in [1.82, 2.24) is 14.7 Å². The smallest absolute Gasteiger partial charge is 0.0685 e. The summed E-state index contributed by atoms with van der Waals surface area (Å²) >= 11 is 0. The van der Waals surface area contributed by atoms with Gasteiger partial charge in [-0.1, -0.05) is 19.1 Å². The summed E-state index contributed by atoms with van der Waals surface area (Å²) in [6.45, 7) is 7.76. The molecule has 2 saturated heterocycles. The number of hydrogen-bond acceptors (Lipinski definition) is 3. The molecule has 0 spiro atoms. The largest absolute Gasteiger partial charge is 0.378 e. The van der Waals surface area contributed by atoms with Crippen LogP contribution in [0.2, 0.25) is 0 Å². The third-order valence-corrected chi connectivity index (χ3v) is 6.91. The van der Waals surface area contributed by atoms with Crippen LogP contribution in [0.3, 0.4) is 0 Å². The van der Waals surface area contributed by atoms with Gasteiger partial charge in [-0.15, -0.1) is 0 Å². The summed E-state index contributed by atoms with van der Waals surface area (Å²) in [6.07, 6.45) is 10.5. The van der Waals surface area contributed by atoms with E-state index < -0.39 is 0 Å². The molecule has 2 aliphatic heterocycles. The van der Waals surface area contributed by atoms with Crippen LogP contribution in [0, 0.1) is 18.8 Å². The Bertz CT molecular complexity index is 782. The van der Waals surface area contributed by atoms with Gasteiger partial charge in [-0.05, 0) is 68.9 Å². The standard InChI is InChI=1S/C23H33N3O/c1-16-3-6-19-12-24-26(23(19)9-16)14-17(2)13-25-20-7-8-21(25)11-22(10-20)27-15-18-4-5-18/h3,6,9,12,17-18,20-22H,4-5,7-8,10-11,13-15H2,1-2H3/t17-,20-,21+,22+/m1/s1. The fraction of sp³-hybridized carbons (Fsp3) is 0.696. The second-order valence-electron chi connectivity index (χ2n) is 9.45. The highest BCUT2D eigenvalue weighted by molar-refractivity contribution is 5.79. The number of nitrogens with zero attached hydrogens (tertiary/aromatic N) is 3. The van der Waals surface area contributed by atoms with Gasteiger partial charge < -0.3 is 4.74 Å². The Morgan fingerprint density at radius 1 is 1.11 bits per heavy atom. The first-order valence-electron chi connectivity index (χ1n) is 10.9. The molecular weight excluding hydrogens is 334 g/mol. The Labute approximate surface area is 162 Å². The van der Waals surface area contributed by atoms with E-state index in [0.29, 0.717) is 12.0 Å². The van der Waals surface area contributed by atoms with Crippen molar-refractivity contribution in [2.45, 2.75) is 77.1 Å². The van der Waals surface area contributed by atoms with Crippen molar-refractivity contribution in [3.05, 3.63) is 30.0 Å². The monoisotopic (exact) mass is 367 g/mol. The number of ether oxygens (including phenoxy) is 1. The predicted molar refractivity (Wildman–Crippen MR) is 109 cm³/mol. The highest BCUT2D eigenvalue weighted by atomic mass is 16.5. The Hall–Kier alpha value is -1.39. The number of hydrogen-bond donors (Lipinski definition) is 0. The van der Waals surface area contributed by atoms with Gasteiger partial charge >= 0.3 is 0 Å². The highest BCUT2D eigenvalue weighted by Crippen LogP contribution is 2.38. The molecule has 0 N–H and O–H groups in total. The number of fused-ring (bicyclic) bond motifs is 3. The molecule has 1 aromatic carbocycles. The van der Waals surface area contributed by atoms with E-state index in [9.17, 15) is 0 Å². The van der Waals surface area contributed by atoms with Crippen molar-refractivity contribution < 1.29 is 4.74 Å². The Balaban J connectivity index is 1.19. The predicted octanol–water partition coefficient (Wildman–Crippen LogP) is 4.40. The van der Waals surface area contributed by atoms with Crippen LogP contribution in [0.25, 0.3) is 10.9 Å². The van der Waals surface area contributed by atoms with Gasteiger partial charge in [0.05, 0.1) is 17.8 Å². The molecule has 1 saturated carbocycles. The van der Waals surface area contributed by atoms with Gasteiger partial charge in [0.1, 0.15) is 0 Å². The average molecular weight is 368 g/mol. The summed E-state index contributed by atoms with van der Waals surface area (Å²) in [7, 11) is 0. The molecule has 2 aromatic rings. The SMILES string of the molecule is Cc1ccc2cnn(C[C@H](C)CN3[C@@H]4CC[C@H]3C[C@@H](OCC3CC3)C4)c2c1. The number of piperidine rings is 1. The summed E-state index contributed by atoms with van der Waals surface area (Å²) in [5, 5.41) is 5.91. The van der Waals surface area contributed by atoms with Crippen LogP contribution in [-0.4, -0.2) is 46.0 Å². The summed E-state index contributed by atoms with van der Waals surface area (Å²) in [5.41, 5.74) is 2.58. The van der Waals surface area contributed by atoms with E-state index in [2.05, 4.69) is 46.7 Å². The molecule has 4 nitrogen and oxygen atoms in total. The minimum Gasteiger partial charge on any atom is -0.378 e. The van der Waals surface area contributed by atoms with Gasteiger partial charge in [0.15, 0.2) is 0 Å². The maximum absolute atomic E-state index is 6.24. The second kappa shape index (κ2) is 7.21. The quantitative estimate of drug-likeness (QED) is 0.726. The molecule has 3 heterocycles. The van der Waals surface area contributed by atoms with E-state index in [4.69, 9.17) is 4.74 Å². The van der Waals surface area contributed by atoms with E-state index in [1.807, 2.05) is 6.20 Å². The van der Waals surface area contributed by atoms with Gasteiger partial charge in [0, 0.05) is 37.2 Å². The lowest BCUT2D eigenvalue weighted by Gasteiger charge is -2.40. The van der Waals surface area contributed by atoms with E-state index >= 15 is 0 Å². The minimum absolute atomic E-state index is 0.521. The first-order valence-corrected chi connectivity index (χ1v) is 10.9. The van der Waals surface area contributed by atoms with E-state index in [1.165, 1.54) is 61.5 Å². The lowest BCUT2D eigenvalue weighted by Crippen LogP contribution is -2.47. The van der Waals surface area contributed by atoms with Crippen molar-refractivity contribution in [3.63, 3.8) is 0 Å². The van der Waals surface area contributed by atoms with Crippen molar-refractivity contribution >= 4 is 10.9 Å². The number of aromatic nitrogens is 2. The maximum Gasteiger partial charge on any atom is 0.0685 e. The molecule has 1 aliphatic carbocycles. The van der Waals surface area contributed by atoms with Gasteiger partial charge in [-0.2, -0.15) is 5.10 Å². The Morgan fingerprint density at radius 3 is 2.63 bits per heavy atom. The zero-order valence-corrected chi connectivity index (χ0v) is 16.8. The molecule has 5 rings (SSSR count). The van der Waals surface area contributed by atoms with Crippen LogP contribution < -0.4 is 0 Å². The summed E-state index contributed by atoms with van der Waals surface area (Å²) < 4.78 is 8.45. The molecule has 2 bridgehead atoms. The lowest BCUT2D eigenvalue weighted by molar-refractivity contribution is -0.0276. The number of rotatable bonds is 7. The first-order chi connectivity index (χ1) is 13.2. The third kappa shape index (κ3) is 3.79. The summed E-state index contributed by atoms with van der Waals surface area (Å²) in [6, 6.07) is 8.11. The molecule has 0 radical (unpaired) electrons. The van der Waals surface area contributed by atoms with Crippen LogP contribution in [-0.2, 0) is 11.3 Å². The molecular formula is C23H33N3O. The zero-order valence-electron chi connectivity index (χ0n) is 16.8. The highest BCUT2D eigenvalue weighted by Gasteiger charge is 2.41. The van der Waals surface area contributed by atoms with Crippen LogP contribution in [0.4, 0.5) is 0 Å². The normalized spacial score (nSPS) is 29.5. The molecule has 4 atom stereocenters. The Morgan fingerprint density at radius 2 is 1.89 bits per heavy atom. The number of benzene rings is 1. The van der Waals surface area contributed by atoms with E-state index in [-0.39, 0.29) is 0 Å². The van der Waals surface area contributed by atoms with Crippen LogP contribution in [0.1, 0.15) is 51.0 Å². The molecule has 1 aromatic heterocycles. The van der Waals surface area contributed by atoms with E-state index in [0.717, 1.165) is 31.2 Å². The minimum atomic E-state index is 0.521. The van der Waals surface area contributed by atoms with Gasteiger partial charge in [-0.25, -0.2) is 0 Å². The molecule has 27 heavy (non-hydrogen) atoms. The van der Waals surface area contributed by atoms with Crippen LogP contribution >= 0.6 is 0 Å². The molecule has 3 fully saturated rings. The molecule has 4 heteroatoms. The Kier molecular flexibility index (Phi) is 4.73. The van der Waals surface area contributed by atoms with Crippen molar-refractivity contribution in [2.75, 3.05) is 13.2 Å². The topological polar surface area (TPSA) is 30.3 Å². The zero-order chi connectivity index (χ0) is 18.4. The molecule has 146 valence electrons. The van der Waals surface area contributed by atoms with Crippen LogP contribution in [0.15, 0.2) is 24.4 Å². The van der Waals surface area contributed by atoms with Crippen molar-refractivity contribution in [2.24, 2.45) is 11.8 Å².